The van der Waals surface area contributed by atoms with Crippen molar-refractivity contribution in [1.82, 2.24) is 0 Å². The van der Waals surface area contributed by atoms with Crippen LogP contribution in [-0.4, -0.2) is 82.3 Å². The number of carboxylic acid groups (broad SMARTS) is 1. The number of nitrogens with zero attached hydrogens (tertiary/aromatic N) is 1. The number of hydrogen-bond donors (Lipinski definition) is 0. The molecule has 0 radical (unpaired) electrons. The Kier molecular flexibility index (Phi) is 63.6. The molecule has 0 aromatic heterocycles. The zero-order chi connectivity index (χ0) is 61.2. The van der Waals surface area contributed by atoms with Crippen LogP contribution >= 0.6 is 0 Å². The average Bonchev–Trinajstić information content (AvgIpc) is 3.51. The molecule has 0 saturated carbocycles. The fourth-order valence-electron chi connectivity index (χ4n) is 10.6. The number of carboxylic acids is 1. The summed E-state index contributed by atoms with van der Waals surface area (Å²) in [6, 6.07) is 0. The monoisotopic (exact) mass is 1180 g/mol. The van der Waals surface area contributed by atoms with E-state index < -0.39 is 24.3 Å². The molecule has 0 amide bonds. The van der Waals surface area contributed by atoms with Gasteiger partial charge in [-0.05, 0) is 57.8 Å². The van der Waals surface area contributed by atoms with Crippen LogP contribution < -0.4 is 5.11 Å². The van der Waals surface area contributed by atoms with Crippen LogP contribution in [0.4, 0.5) is 0 Å². The fourth-order valence-corrected chi connectivity index (χ4v) is 10.6. The third-order valence-corrected chi connectivity index (χ3v) is 16.0. The van der Waals surface area contributed by atoms with Gasteiger partial charge in [0.1, 0.15) is 13.2 Å². The lowest BCUT2D eigenvalue weighted by Crippen LogP contribution is -2.44. The van der Waals surface area contributed by atoms with Gasteiger partial charge in [0.2, 0.25) is 0 Å². The molecule has 0 spiro atoms. The first-order chi connectivity index (χ1) is 41.1. The van der Waals surface area contributed by atoms with E-state index in [0.29, 0.717) is 23.9 Å². The van der Waals surface area contributed by atoms with E-state index in [9.17, 15) is 19.5 Å². The second-order valence-electron chi connectivity index (χ2n) is 25.5. The molecule has 2 unspecified atom stereocenters. The third kappa shape index (κ3) is 66.5. The summed E-state index contributed by atoms with van der Waals surface area (Å²) in [6.45, 7) is 4.69. The van der Waals surface area contributed by atoms with Gasteiger partial charge in [0.05, 0.1) is 40.3 Å². The van der Waals surface area contributed by atoms with Crippen molar-refractivity contribution in [2.75, 3.05) is 47.5 Å². The fraction of sp³-hybridized carbons (Fsp3) is 0.827. The first-order valence-electron chi connectivity index (χ1n) is 35.9. The average molecular weight is 1180 g/mol. The molecular weight excluding hydrogens is 1040 g/mol. The number of carbonyl (C=O) groups excluding carboxylic acids is 3. The number of carbonyl (C=O) groups is 3. The maximum atomic E-state index is 12.9. The standard InChI is InChI=1S/C75H137NO8/c1-6-8-10-12-14-16-18-20-22-24-26-28-30-32-34-35-36-37-38-40-41-43-45-47-49-51-53-55-57-59-61-63-65-72(77)82-69-71(70-83-75(74(79)80)81-68-67-76(3,4)5)84-73(78)66-64-62-60-58-56-54-52-50-48-46-44-42-39-33-31-29-27-25-23-21-19-17-15-13-11-9-7-2/h9,11,15,17,21,23,27,29,33,39,71,75H,6-8,10,12-14,16,18-20,22,24-26,28,30-32,34-38,40-70H2,1-5H3/b11-9-,17-15-,23-21-,29-27-,39-33-. The van der Waals surface area contributed by atoms with Gasteiger partial charge in [0, 0.05) is 12.8 Å². The topological polar surface area (TPSA) is 111 Å². The SMILES string of the molecule is CC/C=C\C/C=C\C/C=C\C/C=C\C/C=C\CCCCCCCCCCCCCC(=O)OC(COC(=O)CCCCCCCCCCCCCCCCCCCCCCCCCCCCCCCCCC)COC(OCC[N+](C)(C)C)C(=O)[O-]. The Morgan fingerprint density at radius 2 is 0.679 bits per heavy atom. The molecule has 0 rings (SSSR count). The number of allylic oxidation sites excluding steroid dienone is 10. The second-order valence-corrected chi connectivity index (χ2v) is 25.5. The Labute approximate surface area is 520 Å². The summed E-state index contributed by atoms with van der Waals surface area (Å²) in [5.41, 5.74) is 0. The molecule has 84 heavy (non-hydrogen) atoms. The summed E-state index contributed by atoms with van der Waals surface area (Å²) in [7, 11) is 5.94. The number of hydrogen-bond acceptors (Lipinski definition) is 8. The van der Waals surface area contributed by atoms with E-state index in [1.165, 1.54) is 231 Å². The molecule has 9 heteroatoms. The summed E-state index contributed by atoms with van der Waals surface area (Å²) in [5.74, 6) is -2.27. The van der Waals surface area contributed by atoms with E-state index >= 15 is 0 Å². The lowest BCUT2D eigenvalue weighted by Gasteiger charge is -2.26. The smallest absolute Gasteiger partial charge is 0.306 e. The molecule has 0 aliphatic rings. The molecule has 9 nitrogen and oxygen atoms in total. The van der Waals surface area contributed by atoms with Crippen LogP contribution in [0.5, 0.6) is 0 Å². The molecule has 0 aromatic carbocycles. The van der Waals surface area contributed by atoms with Crippen LogP contribution in [0.3, 0.4) is 0 Å². The Morgan fingerprint density at radius 3 is 1.01 bits per heavy atom. The highest BCUT2D eigenvalue weighted by molar-refractivity contribution is 5.70. The van der Waals surface area contributed by atoms with Gasteiger partial charge in [-0.25, -0.2) is 0 Å². The summed E-state index contributed by atoms with van der Waals surface area (Å²) >= 11 is 0. The van der Waals surface area contributed by atoms with Gasteiger partial charge in [-0.2, -0.15) is 0 Å². The summed E-state index contributed by atoms with van der Waals surface area (Å²) < 4.78 is 22.8. The number of quaternary nitrogens is 1. The number of likely N-dealkylation sites (N-methyl/N-ethyl adjacent to an activating group) is 1. The second kappa shape index (κ2) is 66.0. The Bertz CT molecular complexity index is 1560. The summed E-state index contributed by atoms with van der Waals surface area (Å²) in [5, 5.41) is 11.8. The number of aliphatic carboxylic acids is 1. The highest BCUT2D eigenvalue weighted by Gasteiger charge is 2.22. The van der Waals surface area contributed by atoms with Gasteiger partial charge >= 0.3 is 11.9 Å². The highest BCUT2D eigenvalue weighted by Crippen LogP contribution is 2.19. The Balaban J connectivity index is 4.06. The number of unbranched alkanes of at least 4 members (excludes halogenated alkanes) is 42. The molecule has 0 N–H and O–H groups in total. The van der Waals surface area contributed by atoms with E-state index in [1.807, 2.05) is 21.1 Å². The minimum absolute atomic E-state index is 0.147. The molecule has 2 atom stereocenters. The van der Waals surface area contributed by atoms with Crippen LogP contribution in [-0.2, 0) is 33.3 Å². The van der Waals surface area contributed by atoms with Crippen molar-refractivity contribution in [1.29, 1.82) is 0 Å². The van der Waals surface area contributed by atoms with E-state index in [0.717, 1.165) is 77.0 Å². The molecule has 490 valence electrons. The minimum Gasteiger partial charge on any atom is -0.545 e. The van der Waals surface area contributed by atoms with Crippen molar-refractivity contribution in [3.05, 3.63) is 60.8 Å². The van der Waals surface area contributed by atoms with Crippen molar-refractivity contribution < 1.29 is 42.9 Å². The normalized spacial score (nSPS) is 13.0. The van der Waals surface area contributed by atoms with E-state index in [-0.39, 0.29) is 32.2 Å². The number of esters is 2. The van der Waals surface area contributed by atoms with Crippen LogP contribution in [0.25, 0.3) is 0 Å². The molecule has 0 aliphatic heterocycles. The van der Waals surface area contributed by atoms with Gasteiger partial charge < -0.3 is 33.3 Å². The molecule has 0 aromatic rings. The lowest BCUT2D eigenvalue weighted by atomic mass is 10.0. The largest absolute Gasteiger partial charge is 0.545 e. The van der Waals surface area contributed by atoms with Crippen molar-refractivity contribution in [2.24, 2.45) is 0 Å². The van der Waals surface area contributed by atoms with Crippen LogP contribution in [0.15, 0.2) is 60.8 Å². The number of rotatable bonds is 67. The van der Waals surface area contributed by atoms with E-state index in [2.05, 4.69) is 74.6 Å². The number of ether oxygens (including phenoxy) is 4. The first kappa shape index (κ1) is 81.0. The molecule has 0 heterocycles. The van der Waals surface area contributed by atoms with Gasteiger partial charge in [0.25, 0.3) is 0 Å². The minimum atomic E-state index is -1.62. The molecule has 0 aliphatic carbocycles. The van der Waals surface area contributed by atoms with Gasteiger partial charge in [0.15, 0.2) is 12.4 Å². The van der Waals surface area contributed by atoms with Crippen LogP contribution in [0.1, 0.15) is 341 Å². The maximum Gasteiger partial charge on any atom is 0.306 e. The van der Waals surface area contributed by atoms with Gasteiger partial charge in [-0.3, -0.25) is 9.59 Å². The van der Waals surface area contributed by atoms with Gasteiger partial charge in [-0.1, -0.05) is 331 Å². The lowest BCUT2D eigenvalue weighted by molar-refractivity contribution is -0.870. The first-order valence-corrected chi connectivity index (χ1v) is 35.9. The van der Waals surface area contributed by atoms with E-state index in [1.54, 1.807) is 0 Å². The predicted molar refractivity (Wildman–Crippen MR) is 357 cm³/mol. The molecule has 0 fully saturated rings. The molecule has 0 bridgehead atoms. The molecule has 0 saturated heterocycles. The van der Waals surface area contributed by atoms with E-state index in [4.69, 9.17) is 18.9 Å². The summed E-state index contributed by atoms with van der Waals surface area (Å²) in [4.78, 5) is 37.5. The predicted octanol–water partition coefficient (Wildman–Crippen LogP) is 21.0. The van der Waals surface area contributed by atoms with Crippen molar-refractivity contribution >= 4 is 17.9 Å². The van der Waals surface area contributed by atoms with Crippen LogP contribution in [0.2, 0.25) is 0 Å². The zero-order valence-corrected chi connectivity index (χ0v) is 56.0. The molecular formula is C75H137NO8. The highest BCUT2D eigenvalue weighted by atomic mass is 16.7. The third-order valence-electron chi connectivity index (χ3n) is 16.0. The van der Waals surface area contributed by atoms with Crippen molar-refractivity contribution in [2.45, 2.75) is 354 Å². The van der Waals surface area contributed by atoms with Gasteiger partial charge in [-0.15, -0.1) is 0 Å². The summed E-state index contributed by atoms with van der Waals surface area (Å²) in [6.07, 6.45) is 83.2. The van der Waals surface area contributed by atoms with Crippen molar-refractivity contribution in [3.63, 3.8) is 0 Å². The maximum absolute atomic E-state index is 12.9. The zero-order valence-electron chi connectivity index (χ0n) is 56.0. The quantitative estimate of drug-likeness (QED) is 0.0195. The Hall–Kier alpha value is -3.01. The Morgan fingerprint density at radius 1 is 0.369 bits per heavy atom. The van der Waals surface area contributed by atoms with Crippen molar-refractivity contribution in [3.8, 4) is 0 Å². The van der Waals surface area contributed by atoms with Crippen LogP contribution in [0, 0.1) is 0 Å².